The van der Waals surface area contributed by atoms with Gasteiger partial charge in [-0.25, -0.2) is 0 Å². The predicted molar refractivity (Wildman–Crippen MR) is 135 cm³/mol. The molecule has 0 radical (unpaired) electrons. The lowest BCUT2D eigenvalue weighted by atomic mass is 10.1. The smallest absolute Gasteiger partial charge is 0.0464 e. The first-order valence-corrected chi connectivity index (χ1v) is 10.8. The predicted octanol–water partition coefficient (Wildman–Crippen LogP) is 8.56. The van der Waals surface area contributed by atoms with Crippen molar-refractivity contribution in [1.82, 2.24) is 0 Å². The molecule has 154 valence electrons. The van der Waals surface area contributed by atoms with Crippen molar-refractivity contribution in [2.24, 2.45) is 0 Å². The largest absolute Gasteiger partial charge is 0.310 e. The van der Waals surface area contributed by atoms with Gasteiger partial charge in [0.15, 0.2) is 0 Å². The van der Waals surface area contributed by atoms with Crippen LogP contribution < -0.4 is 4.90 Å². The van der Waals surface area contributed by atoms with Gasteiger partial charge in [0, 0.05) is 17.1 Å². The minimum atomic E-state index is 1.15. The molecular formula is C30H29N. The van der Waals surface area contributed by atoms with E-state index in [1.54, 1.807) is 0 Å². The van der Waals surface area contributed by atoms with Gasteiger partial charge in [-0.3, -0.25) is 0 Å². The summed E-state index contributed by atoms with van der Waals surface area (Å²) in [6, 6.07) is 32.7. The first kappa shape index (κ1) is 20.7. The molecule has 0 N–H and O–H groups in total. The van der Waals surface area contributed by atoms with Crippen molar-refractivity contribution in [2.45, 2.75) is 27.7 Å². The number of rotatable bonds is 5. The lowest BCUT2D eigenvalue weighted by Gasteiger charge is -2.26. The SMILES string of the molecule is Cc1ccc(C=Cc2ccc(N(c3ccc(C)cc3)c3ccc(C)c(C)c3)cc2)cc1. The van der Waals surface area contributed by atoms with E-state index in [9.17, 15) is 0 Å². The van der Waals surface area contributed by atoms with Gasteiger partial charge in [-0.1, -0.05) is 77.9 Å². The fourth-order valence-electron chi connectivity index (χ4n) is 3.61. The standard InChI is InChI=1S/C30H29N/c1-22-5-10-26(11-6-22)12-13-27-14-19-29(20-15-27)31(28-16-7-23(2)8-17-28)30-18-9-24(3)25(4)21-30/h5-21H,1-4H3. The molecule has 0 bridgehead atoms. The number of nitrogens with zero attached hydrogens (tertiary/aromatic N) is 1. The average Bonchev–Trinajstić information content (AvgIpc) is 2.78. The van der Waals surface area contributed by atoms with Crippen LogP contribution in [0, 0.1) is 27.7 Å². The van der Waals surface area contributed by atoms with Crippen LogP contribution in [0.4, 0.5) is 17.1 Å². The molecule has 1 heteroatoms. The van der Waals surface area contributed by atoms with Crippen LogP contribution in [-0.4, -0.2) is 0 Å². The molecule has 31 heavy (non-hydrogen) atoms. The number of benzene rings is 4. The maximum Gasteiger partial charge on any atom is 0.0464 e. The Morgan fingerprint density at radius 2 is 0.871 bits per heavy atom. The Balaban J connectivity index is 1.67. The first-order valence-electron chi connectivity index (χ1n) is 10.8. The van der Waals surface area contributed by atoms with Crippen LogP contribution in [0.5, 0.6) is 0 Å². The lowest BCUT2D eigenvalue weighted by molar-refractivity contribution is 1.24. The molecule has 0 heterocycles. The highest BCUT2D eigenvalue weighted by Gasteiger charge is 2.13. The van der Waals surface area contributed by atoms with Gasteiger partial charge in [0.05, 0.1) is 0 Å². The van der Waals surface area contributed by atoms with Crippen LogP contribution in [-0.2, 0) is 0 Å². The van der Waals surface area contributed by atoms with E-state index in [2.05, 4.69) is 136 Å². The van der Waals surface area contributed by atoms with Crippen LogP contribution in [0.25, 0.3) is 12.2 Å². The molecular weight excluding hydrogens is 374 g/mol. The number of hydrogen-bond donors (Lipinski definition) is 0. The quantitative estimate of drug-likeness (QED) is 0.302. The summed E-state index contributed by atoms with van der Waals surface area (Å²) >= 11 is 0. The summed E-state index contributed by atoms with van der Waals surface area (Å²) in [6.45, 7) is 8.57. The second-order valence-corrected chi connectivity index (χ2v) is 8.28. The van der Waals surface area contributed by atoms with Gasteiger partial charge in [-0.2, -0.15) is 0 Å². The van der Waals surface area contributed by atoms with Crippen LogP contribution >= 0.6 is 0 Å². The number of anilines is 3. The average molecular weight is 404 g/mol. The highest BCUT2D eigenvalue weighted by Crippen LogP contribution is 2.35. The molecule has 0 aliphatic heterocycles. The van der Waals surface area contributed by atoms with Crippen LogP contribution in [0.2, 0.25) is 0 Å². The van der Waals surface area contributed by atoms with Gasteiger partial charge in [0.2, 0.25) is 0 Å². The molecule has 0 fully saturated rings. The Morgan fingerprint density at radius 1 is 0.452 bits per heavy atom. The van der Waals surface area contributed by atoms with E-state index in [1.807, 2.05) is 0 Å². The van der Waals surface area contributed by atoms with Crippen molar-refractivity contribution >= 4 is 29.2 Å². The molecule has 0 unspecified atom stereocenters. The van der Waals surface area contributed by atoms with Gasteiger partial charge in [-0.15, -0.1) is 0 Å². The zero-order valence-electron chi connectivity index (χ0n) is 18.8. The summed E-state index contributed by atoms with van der Waals surface area (Å²) in [5.74, 6) is 0. The van der Waals surface area contributed by atoms with Crippen molar-refractivity contribution in [1.29, 1.82) is 0 Å². The summed E-state index contributed by atoms with van der Waals surface area (Å²) in [4.78, 5) is 2.32. The summed E-state index contributed by atoms with van der Waals surface area (Å²) in [5.41, 5.74) is 11.0. The Kier molecular flexibility index (Phi) is 6.04. The number of aryl methyl sites for hydroxylation is 4. The van der Waals surface area contributed by atoms with Gasteiger partial charge in [0.1, 0.15) is 0 Å². The Bertz CT molecular complexity index is 1180. The van der Waals surface area contributed by atoms with E-state index in [0.29, 0.717) is 0 Å². The highest BCUT2D eigenvalue weighted by molar-refractivity contribution is 5.78. The van der Waals surface area contributed by atoms with E-state index in [0.717, 1.165) is 11.4 Å². The van der Waals surface area contributed by atoms with Crippen molar-refractivity contribution in [3.05, 3.63) is 124 Å². The van der Waals surface area contributed by atoms with E-state index >= 15 is 0 Å². The third-order valence-corrected chi connectivity index (χ3v) is 5.74. The van der Waals surface area contributed by atoms with Crippen LogP contribution in [0.3, 0.4) is 0 Å². The van der Waals surface area contributed by atoms with E-state index in [-0.39, 0.29) is 0 Å². The van der Waals surface area contributed by atoms with Crippen molar-refractivity contribution in [3.8, 4) is 0 Å². The van der Waals surface area contributed by atoms with E-state index in [4.69, 9.17) is 0 Å². The monoisotopic (exact) mass is 403 g/mol. The second-order valence-electron chi connectivity index (χ2n) is 8.28. The topological polar surface area (TPSA) is 3.24 Å². The van der Waals surface area contributed by atoms with Crippen LogP contribution in [0.15, 0.2) is 91.0 Å². The van der Waals surface area contributed by atoms with Gasteiger partial charge < -0.3 is 4.90 Å². The zero-order valence-corrected chi connectivity index (χ0v) is 18.8. The molecule has 0 aliphatic rings. The number of hydrogen-bond acceptors (Lipinski definition) is 1. The molecule has 0 saturated carbocycles. The van der Waals surface area contributed by atoms with Crippen molar-refractivity contribution in [2.75, 3.05) is 4.90 Å². The summed E-state index contributed by atoms with van der Waals surface area (Å²) < 4.78 is 0. The normalized spacial score (nSPS) is 11.1. The maximum absolute atomic E-state index is 2.32. The zero-order chi connectivity index (χ0) is 21.8. The van der Waals surface area contributed by atoms with E-state index < -0.39 is 0 Å². The molecule has 4 rings (SSSR count). The second kappa shape index (κ2) is 9.06. The molecule has 0 saturated heterocycles. The van der Waals surface area contributed by atoms with Crippen molar-refractivity contribution < 1.29 is 0 Å². The van der Waals surface area contributed by atoms with E-state index in [1.165, 1.54) is 39.1 Å². The minimum Gasteiger partial charge on any atom is -0.310 e. The maximum atomic E-state index is 2.32. The molecule has 0 aliphatic carbocycles. The van der Waals surface area contributed by atoms with Gasteiger partial charge in [-0.05, 0) is 86.3 Å². The third-order valence-electron chi connectivity index (χ3n) is 5.74. The summed E-state index contributed by atoms with van der Waals surface area (Å²) in [7, 11) is 0. The fourth-order valence-corrected chi connectivity index (χ4v) is 3.61. The molecule has 4 aromatic carbocycles. The Labute approximate surface area is 186 Å². The molecule has 4 aromatic rings. The molecule has 0 aromatic heterocycles. The minimum absolute atomic E-state index is 1.15. The Hall–Kier alpha value is -3.58. The molecule has 0 amide bonds. The van der Waals surface area contributed by atoms with Crippen LogP contribution in [0.1, 0.15) is 33.4 Å². The first-order chi connectivity index (χ1) is 15.0. The van der Waals surface area contributed by atoms with Crippen molar-refractivity contribution in [3.63, 3.8) is 0 Å². The lowest BCUT2D eigenvalue weighted by Crippen LogP contribution is -2.10. The molecule has 1 nitrogen and oxygen atoms in total. The van der Waals surface area contributed by atoms with Gasteiger partial charge >= 0.3 is 0 Å². The van der Waals surface area contributed by atoms with Gasteiger partial charge in [0.25, 0.3) is 0 Å². The molecule has 0 spiro atoms. The Morgan fingerprint density at radius 3 is 1.39 bits per heavy atom. The third kappa shape index (κ3) is 4.95. The fraction of sp³-hybridized carbons (Fsp3) is 0.133. The molecule has 0 atom stereocenters. The summed E-state index contributed by atoms with van der Waals surface area (Å²) in [5, 5.41) is 0. The summed E-state index contributed by atoms with van der Waals surface area (Å²) in [6.07, 6.45) is 4.33. The highest BCUT2D eigenvalue weighted by atomic mass is 15.1.